The van der Waals surface area contributed by atoms with Crippen molar-refractivity contribution in [3.8, 4) is 16.5 Å². The molecule has 1 aromatic carbocycles. The van der Waals surface area contributed by atoms with E-state index in [-0.39, 0.29) is 29.7 Å². The molecule has 8 nitrogen and oxygen atoms in total. The summed E-state index contributed by atoms with van der Waals surface area (Å²) >= 11 is 1.30. The topological polar surface area (TPSA) is 92.7 Å². The first kappa shape index (κ1) is 23.2. The van der Waals surface area contributed by atoms with Gasteiger partial charge in [0.05, 0.1) is 0 Å². The van der Waals surface area contributed by atoms with Gasteiger partial charge in [0.2, 0.25) is 17.4 Å². The minimum absolute atomic E-state index is 0.0267. The van der Waals surface area contributed by atoms with E-state index in [1.165, 1.54) is 34.1 Å². The van der Waals surface area contributed by atoms with Crippen LogP contribution in [0.15, 0.2) is 47.7 Å². The number of aromatic hydroxyl groups is 1. The highest BCUT2D eigenvalue weighted by atomic mass is 32.1. The maximum absolute atomic E-state index is 13.2. The smallest absolute Gasteiger partial charge is 0.302 e. The second-order valence-electron chi connectivity index (χ2n) is 9.39. The van der Waals surface area contributed by atoms with Crippen molar-refractivity contribution in [1.82, 2.24) is 23.8 Å². The fourth-order valence-electron chi connectivity index (χ4n) is 4.75. The number of amides is 1. The number of benzene rings is 1. The van der Waals surface area contributed by atoms with Gasteiger partial charge in [-0.25, -0.2) is 18.8 Å². The highest BCUT2D eigenvalue weighted by Gasteiger charge is 2.26. The summed E-state index contributed by atoms with van der Waals surface area (Å²) in [7, 11) is 0. The minimum Gasteiger partial charge on any atom is -0.501 e. The molecule has 0 spiro atoms. The van der Waals surface area contributed by atoms with Crippen LogP contribution in [-0.2, 0) is 17.8 Å². The monoisotopic (exact) mass is 495 g/mol. The molecule has 5 rings (SSSR count). The summed E-state index contributed by atoms with van der Waals surface area (Å²) < 4.78 is 16.0. The van der Waals surface area contributed by atoms with Gasteiger partial charge in [0.15, 0.2) is 5.69 Å². The summed E-state index contributed by atoms with van der Waals surface area (Å²) in [5.41, 5.74) is 0.382. The van der Waals surface area contributed by atoms with Crippen molar-refractivity contribution in [2.45, 2.75) is 33.2 Å². The molecule has 1 amide bonds. The third-order valence-corrected chi connectivity index (χ3v) is 7.30. The second kappa shape index (κ2) is 9.26. The molecule has 1 aliphatic rings. The SMILES string of the molecule is C[C@H]1C[C@H](C)CN(C(=O)Cn2ccn3c(=O)c(O)c(-c4ncc(Cc5ccc(F)cc5)s4)nc23)C1. The standard InChI is InChI=1S/C25H26FN5O3S/c1-15-9-16(2)13-30(12-15)20(32)14-29-7-8-31-24(34)22(33)21(28-25(29)31)23-27-11-19(35-23)10-17-3-5-18(26)6-4-17/h3-8,11,15-16,33H,9-10,12-14H2,1-2H3/t15-,16-/m0/s1. The van der Waals surface area contributed by atoms with Crippen molar-refractivity contribution in [3.05, 3.63) is 69.5 Å². The molecule has 1 fully saturated rings. The van der Waals surface area contributed by atoms with Gasteiger partial charge in [0.1, 0.15) is 17.4 Å². The van der Waals surface area contributed by atoms with Crippen molar-refractivity contribution < 1.29 is 14.3 Å². The fourth-order valence-corrected chi connectivity index (χ4v) is 5.69. The van der Waals surface area contributed by atoms with Gasteiger partial charge >= 0.3 is 5.56 Å². The maximum Gasteiger partial charge on any atom is 0.302 e. The second-order valence-corrected chi connectivity index (χ2v) is 10.5. The molecule has 3 aromatic heterocycles. The van der Waals surface area contributed by atoms with Crippen molar-refractivity contribution in [1.29, 1.82) is 0 Å². The van der Waals surface area contributed by atoms with Gasteiger partial charge in [0, 0.05) is 43.0 Å². The van der Waals surface area contributed by atoms with Crippen LogP contribution in [0.1, 0.15) is 30.7 Å². The van der Waals surface area contributed by atoms with E-state index in [1.54, 1.807) is 29.1 Å². The lowest BCUT2D eigenvalue weighted by atomic mass is 9.92. The number of fused-ring (bicyclic) bond motifs is 1. The number of carbonyl (C=O) groups is 1. The molecule has 4 aromatic rings. The Balaban J connectivity index is 1.43. The Morgan fingerprint density at radius 3 is 2.60 bits per heavy atom. The molecule has 0 aliphatic carbocycles. The normalized spacial score (nSPS) is 18.3. The first-order valence-electron chi connectivity index (χ1n) is 11.6. The molecule has 35 heavy (non-hydrogen) atoms. The average Bonchev–Trinajstić information content (AvgIpc) is 3.44. The Bertz CT molecular complexity index is 1430. The molecule has 1 aliphatic heterocycles. The quantitative estimate of drug-likeness (QED) is 0.457. The van der Waals surface area contributed by atoms with Gasteiger partial charge in [-0.3, -0.25) is 9.59 Å². The van der Waals surface area contributed by atoms with Crippen LogP contribution < -0.4 is 5.56 Å². The number of imidazole rings is 1. The summed E-state index contributed by atoms with van der Waals surface area (Å²) in [6, 6.07) is 6.22. The predicted molar refractivity (Wildman–Crippen MR) is 131 cm³/mol. The molecular formula is C25H26FN5O3S. The van der Waals surface area contributed by atoms with Crippen molar-refractivity contribution in [2.75, 3.05) is 13.1 Å². The molecule has 4 heterocycles. The zero-order chi connectivity index (χ0) is 24.7. The molecule has 1 saturated heterocycles. The first-order chi connectivity index (χ1) is 16.8. The van der Waals surface area contributed by atoms with Crippen LogP contribution in [0.3, 0.4) is 0 Å². The molecular weight excluding hydrogens is 469 g/mol. The van der Waals surface area contributed by atoms with Gasteiger partial charge < -0.3 is 14.6 Å². The highest BCUT2D eigenvalue weighted by molar-refractivity contribution is 7.15. The van der Waals surface area contributed by atoms with Crippen LogP contribution in [0.5, 0.6) is 5.75 Å². The number of likely N-dealkylation sites (tertiary alicyclic amines) is 1. The van der Waals surface area contributed by atoms with Crippen LogP contribution in [0.4, 0.5) is 4.39 Å². The van der Waals surface area contributed by atoms with Crippen molar-refractivity contribution in [3.63, 3.8) is 0 Å². The molecule has 0 radical (unpaired) electrons. The average molecular weight is 496 g/mol. The number of halogens is 1. The number of thiazole rings is 1. The minimum atomic E-state index is -0.619. The van der Waals surface area contributed by atoms with Gasteiger partial charge in [-0.1, -0.05) is 26.0 Å². The van der Waals surface area contributed by atoms with Crippen molar-refractivity contribution in [2.24, 2.45) is 11.8 Å². The summed E-state index contributed by atoms with van der Waals surface area (Å²) in [5.74, 6) is 0.343. The number of rotatable bonds is 5. The van der Waals surface area contributed by atoms with E-state index in [4.69, 9.17) is 0 Å². The summed E-state index contributed by atoms with van der Waals surface area (Å²) in [4.78, 5) is 37.5. The van der Waals surface area contributed by atoms with Crippen molar-refractivity contribution >= 4 is 23.0 Å². The molecule has 2 atom stereocenters. The summed E-state index contributed by atoms with van der Waals surface area (Å²) in [6.07, 6.45) is 6.44. The zero-order valence-corrected chi connectivity index (χ0v) is 20.3. The van der Waals surface area contributed by atoms with E-state index in [9.17, 15) is 19.1 Å². The third-order valence-electron chi connectivity index (χ3n) is 6.30. The van der Waals surface area contributed by atoms with Gasteiger partial charge in [-0.05, 0) is 36.0 Å². The highest BCUT2D eigenvalue weighted by Crippen LogP contribution is 2.30. The van der Waals surface area contributed by atoms with E-state index in [0.717, 1.165) is 30.0 Å². The van der Waals surface area contributed by atoms with Crippen LogP contribution in [0.2, 0.25) is 0 Å². The Morgan fingerprint density at radius 2 is 1.89 bits per heavy atom. The molecule has 0 saturated carbocycles. The van der Waals surface area contributed by atoms with Crippen LogP contribution >= 0.6 is 11.3 Å². The van der Waals surface area contributed by atoms with Crippen LogP contribution in [0.25, 0.3) is 16.5 Å². The van der Waals surface area contributed by atoms with Gasteiger partial charge in [0.25, 0.3) is 0 Å². The van der Waals surface area contributed by atoms with Gasteiger partial charge in [-0.2, -0.15) is 0 Å². The lowest BCUT2D eigenvalue weighted by molar-refractivity contribution is -0.134. The number of hydrogen-bond acceptors (Lipinski definition) is 6. The Kier molecular flexibility index (Phi) is 6.14. The van der Waals surface area contributed by atoms with E-state index < -0.39 is 11.3 Å². The molecule has 10 heteroatoms. The van der Waals surface area contributed by atoms with E-state index in [2.05, 4.69) is 23.8 Å². The molecule has 182 valence electrons. The number of carbonyl (C=O) groups excluding carboxylic acids is 1. The fraction of sp³-hybridized carbons (Fsp3) is 0.360. The lowest BCUT2D eigenvalue weighted by Crippen LogP contribution is -2.44. The third kappa shape index (κ3) is 4.70. The Hall–Kier alpha value is -3.53. The van der Waals surface area contributed by atoms with E-state index in [0.29, 0.717) is 23.3 Å². The van der Waals surface area contributed by atoms with E-state index in [1.807, 2.05) is 4.90 Å². The number of piperidine rings is 1. The van der Waals surface area contributed by atoms with E-state index >= 15 is 0 Å². The predicted octanol–water partition coefficient (Wildman–Crippen LogP) is 3.56. The largest absolute Gasteiger partial charge is 0.501 e. The number of aromatic nitrogens is 4. The summed E-state index contributed by atoms with van der Waals surface area (Å²) in [6.45, 7) is 5.79. The Labute approximate surface area is 205 Å². The number of nitrogens with zero attached hydrogens (tertiary/aromatic N) is 5. The Morgan fingerprint density at radius 1 is 1.17 bits per heavy atom. The van der Waals surface area contributed by atoms with Crippen LogP contribution in [-0.4, -0.2) is 47.9 Å². The first-order valence-corrected chi connectivity index (χ1v) is 12.4. The van der Waals surface area contributed by atoms with Gasteiger partial charge in [-0.15, -0.1) is 11.3 Å². The zero-order valence-electron chi connectivity index (χ0n) is 19.5. The van der Waals surface area contributed by atoms with Crippen LogP contribution in [0, 0.1) is 17.7 Å². The lowest BCUT2D eigenvalue weighted by Gasteiger charge is -2.35. The molecule has 1 N–H and O–H groups in total. The molecule has 0 unspecified atom stereocenters. The number of hydrogen-bond donors (Lipinski definition) is 1. The maximum atomic E-state index is 13.2. The summed E-state index contributed by atoms with van der Waals surface area (Å²) in [5, 5.41) is 11.0. The molecule has 0 bridgehead atoms.